The van der Waals surface area contributed by atoms with Crippen LogP contribution in [0.15, 0.2) is 24.3 Å². The molecule has 14 heavy (non-hydrogen) atoms. The summed E-state index contributed by atoms with van der Waals surface area (Å²) in [5.74, 6) is 0.939. The first-order valence-electron chi connectivity index (χ1n) is 5.31. The molecular formula is C13H19O. The number of unbranched alkanes of at least 4 members (excludes halogenated alkanes) is 3. The molecule has 0 aliphatic heterocycles. The van der Waals surface area contributed by atoms with Gasteiger partial charge in [0.05, 0.1) is 7.11 Å². The van der Waals surface area contributed by atoms with Gasteiger partial charge < -0.3 is 4.74 Å². The molecule has 1 radical (unpaired) electrons. The SMILES string of the molecule is CC[CH]CCCc1ccc(OC)cc1. The summed E-state index contributed by atoms with van der Waals surface area (Å²) >= 11 is 0. The minimum absolute atomic E-state index is 0.939. The Morgan fingerprint density at radius 1 is 1.21 bits per heavy atom. The molecule has 1 rings (SSSR count). The fraction of sp³-hybridized carbons (Fsp3) is 0.462. The minimum Gasteiger partial charge on any atom is -0.497 e. The molecule has 0 aliphatic carbocycles. The minimum atomic E-state index is 0.939. The van der Waals surface area contributed by atoms with Crippen LogP contribution in [0.4, 0.5) is 0 Å². The first-order chi connectivity index (χ1) is 6.86. The third kappa shape index (κ3) is 3.82. The highest BCUT2D eigenvalue weighted by molar-refractivity contribution is 5.27. The van der Waals surface area contributed by atoms with Crippen molar-refractivity contribution in [1.82, 2.24) is 0 Å². The standard InChI is InChI=1S/C13H19O/c1-3-4-5-6-7-12-8-10-13(14-2)11-9-12/h4,8-11H,3,5-7H2,1-2H3. The van der Waals surface area contributed by atoms with Crippen molar-refractivity contribution >= 4 is 0 Å². The van der Waals surface area contributed by atoms with E-state index in [9.17, 15) is 0 Å². The van der Waals surface area contributed by atoms with Gasteiger partial charge in [0.25, 0.3) is 0 Å². The summed E-state index contributed by atoms with van der Waals surface area (Å²) in [5, 5.41) is 0. The first kappa shape index (κ1) is 11.1. The first-order valence-corrected chi connectivity index (χ1v) is 5.31. The molecule has 0 aliphatic rings. The van der Waals surface area contributed by atoms with E-state index >= 15 is 0 Å². The molecule has 0 atom stereocenters. The summed E-state index contributed by atoms with van der Waals surface area (Å²) in [6.45, 7) is 2.19. The second kappa shape index (κ2) is 6.47. The average molecular weight is 191 g/mol. The quantitative estimate of drug-likeness (QED) is 0.624. The average Bonchev–Trinajstić information content (AvgIpc) is 2.25. The third-order valence-electron chi connectivity index (χ3n) is 2.32. The Kier molecular flexibility index (Phi) is 5.13. The molecule has 0 heterocycles. The van der Waals surface area contributed by atoms with Gasteiger partial charge in [-0.25, -0.2) is 0 Å². The molecule has 1 nitrogen and oxygen atoms in total. The van der Waals surface area contributed by atoms with Crippen LogP contribution in [-0.2, 0) is 6.42 Å². The van der Waals surface area contributed by atoms with Gasteiger partial charge in [-0.3, -0.25) is 0 Å². The number of rotatable bonds is 6. The highest BCUT2D eigenvalue weighted by Gasteiger charge is 1.94. The Bertz CT molecular complexity index is 238. The number of aryl methyl sites for hydroxylation is 1. The summed E-state index contributed by atoms with van der Waals surface area (Å²) in [6, 6.07) is 8.34. The van der Waals surface area contributed by atoms with Crippen LogP contribution in [-0.4, -0.2) is 7.11 Å². The molecule has 1 aromatic rings. The van der Waals surface area contributed by atoms with Gasteiger partial charge in [0.2, 0.25) is 0 Å². The van der Waals surface area contributed by atoms with Gasteiger partial charge >= 0.3 is 0 Å². The van der Waals surface area contributed by atoms with Gasteiger partial charge in [-0.05, 0) is 43.4 Å². The molecule has 0 saturated carbocycles. The van der Waals surface area contributed by atoms with Crippen molar-refractivity contribution in [1.29, 1.82) is 0 Å². The van der Waals surface area contributed by atoms with Crippen molar-refractivity contribution in [2.24, 2.45) is 0 Å². The van der Waals surface area contributed by atoms with Crippen LogP contribution in [0.5, 0.6) is 5.75 Å². The molecule has 0 spiro atoms. The normalized spacial score (nSPS) is 10.1. The molecule has 0 bridgehead atoms. The zero-order chi connectivity index (χ0) is 10.2. The second-order valence-electron chi connectivity index (χ2n) is 3.44. The van der Waals surface area contributed by atoms with Crippen molar-refractivity contribution in [3.8, 4) is 5.75 Å². The van der Waals surface area contributed by atoms with Gasteiger partial charge in [0.15, 0.2) is 0 Å². The molecule has 0 saturated heterocycles. The summed E-state index contributed by atoms with van der Waals surface area (Å²) in [4.78, 5) is 0. The van der Waals surface area contributed by atoms with Crippen LogP contribution in [0.25, 0.3) is 0 Å². The molecule has 1 heteroatoms. The van der Waals surface area contributed by atoms with Gasteiger partial charge in [0.1, 0.15) is 5.75 Å². The number of methoxy groups -OCH3 is 1. The lowest BCUT2D eigenvalue weighted by atomic mass is 10.1. The van der Waals surface area contributed by atoms with Crippen LogP contribution in [0, 0.1) is 6.42 Å². The predicted octanol–water partition coefficient (Wildman–Crippen LogP) is 3.63. The number of hydrogen-bond donors (Lipinski definition) is 0. The lowest BCUT2D eigenvalue weighted by molar-refractivity contribution is 0.414. The molecule has 0 N–H and O–H groups in total. The topological polar surface area (TPSA) is 9.23 Å². The Labute approximate surface area is 87.1 Å². The van der Waals surface area contributed by atoms with Crippen LogP contribution < -0.4 is 4.74 Å². The van der Waals surface area contributed by atoms with Gasteiger partial charge in [-0.2, -0.15) is 0 Å². The van der Waals surface area contributed by atoms with E-state index in [1.54, 1.807) is 7.11 Å². The van der Waals surface area contributed by atoms with Crippen molar-refractivity contribution in [3.05, 3.63) is 36.2 Å². The van der Waals surface area contributed by atoms with Crippen molar-refractivity contribution in [3.63, 3.8) is 0 Å². The predicted molar refractivity (Wildman–Crippen MR) is 60.5 cm³/mol. The van der Waals surface area contributed by atoms with Crippen LogP contribution in [0.3, 0.4) is 0 Å². The van der Waals surface area contributed by atoms with Crippen molar-refractivity contribution < 1.29 is 4.74 Å². The zero-order valence-corrected chi connectivity index (χ0v) is 9.12. The smallest absolute Gasteiger partial charge is 0.118 e. The van der Waals surface area contributed by atoms with E-state index < -0.39 is 0 Å². The third-order valence-corrected chi connectivity index (χ3v) is 2.32. The van der Waals surface area contributed by atoms with E-state index in [2.05, 4.69) is 25.5 Å². The lowest BCUT2D eigenvalue weighted by Crippen LogP contribution is -1.87. The zero-order valence-electron chi connectivity index (χ0n) is 9.12. The maximum Gasteiger partial charge on any atom is 0.118 e. The second-order valence-corrected chi connectivity index (χ2v) is 3.44. The monoisotopic (exact) mass is 191 g/mol. The fourth-order valence-corrected chi connectivity index (χ4v) is 1.45. The Morgan fingerprint density at radius 3 is 2.50 bits per heavy atom. The van der Waals surface area contributed by atoms with Crippen LogP contribution in [0.2, 0.25) is 0 Å². The van der Waals surface area contributed by atoms with Crippen LogP contribution in [0.1, 0.15) is 31.7 Å². The Morgan fingerprint density at radius 2 is 1.93 bits per heavy atom. The fourth-order valence-electron chi connectivity index (χ4n) is 1.45. The lowest BCUT2D eigenvalue weighted by Gasteiger charge is -2.02. The molecule has 1 aromatic carbocycles. The number of hydrogen-bond acceptors (Lipinski definition) is 1. The van der Waals surface area contributed by atoms with E-state index in [1.165, 1.54) is 31.2 Å². The maximum absolute atomic E-state index is 5.11. The van der Waals surface area contributed by atoms with Gasteiger partial charge in [-0.15, -0.1) is 0 Å². The Balaban J connectivity index is 2.29. The van der Waals surface area contributed by atoms with E-state index in [0.29, 0.717) is 0 Å². The number of ether oxygens (including phenoxy) is 1. The maximum atomic E-state index is 5.11. The summed E-state index contributed by atoms with van der Waals surface area (Å²) in [7, 11) is 1.70. The van der Waals surface area contributed by atoms with Gasteiger partial charge in [-0.1, -0.05) is 25.5 Å². The highest BCUT2D eigenvalue weighted by Crippen LogP contribution is 2.13. The van der Waals surface area contributed by atoms with E-state index in [1.807, 2.05) is 12.1 Å². The number of benzene rings is 1. The summed E-state index contributed by atoms with van der Waals surface area (Å²) in [6.07, 6.45) is 7.16. The molecule has 0 amide bonds. The summed E-state index contributed by atoms with van der Waals surface area (Å²) in [5.41, 5.74) is 1.40. The van der Waals surface area contributed by atoms with Crippen molar-refractivity contribution in [2.45, 2.75) is 32.6 Å². The van der Waals surface area contributed by atoms with E-state index in [4.69, 9.17) is 4.74 Å². The molecule has 0 aromatic heterocycles. The van der Waals surface area contributed by atoms with Gasteiger partial charge in [0, 0.05) is 0 Å². The largest absolute Gasteiger partial charge is 0.497 e. The highest BCUT2D eigenvalue weighted by atomic mass is 16.5. The Hall–Kier alpha value is -0.980. The molecule has 77 valence electrons. The van der Waals surface area contributed by atoms with Crippen molar-refractivity contribution in [2.75, 3.05) is 7.11 Å². The molecule has 0 unspecified atom stereocenters. The van der Waals surface area contributed by atoms with Crippen LogP contribution >= 0.6 is 0 Å². The van der Waals surface area contributed by atoms with E-state index in [0.717, 1.165) is 5.75 Å². The summed E-state index contributed by atoms with van der Waals surface area (Å²) < 4.78 is 5.11. The molecule has 0 fully saturated rings. The van der Waals surface area contributed by atoms with E-state index in [-0.39, 0.29) is 0 Å². The molecular weight excluding hydrogens is 172 g/mol.